The van der Waals surface area contributed by atoms with E-state index >= 15 is 0 Å². The van der Waals surface area contributed by atoms with E-state index in [0.29, 0.717) is 30.0 Å². The van der Waals surface area contributed by atoms with Gasteiger partial charge in [-0.25, -0.2) is 0 Å². The number of halogens is 5. The molecule has 0 radical (unpaired) electrons. The normalized spacial score (nSPS) is 23.6. The lowest BCUT2D eigenvalue weighted by molar-refractivity contribution is -0.137. The third-order valence-corrected chi connectivity index (χ3v) is 5.58. The zero-order valence-electron chi connectivity index (χ0n) is 15.3. The molecule has 10 heteroatoms. The first-order valence-electron chi connectivity index (χ1n) is 8.43. The smallest absolute Gasteiger partial charge is 0.416 e. The number of ether oxygens (including phenoxy) is 2. The third kappa shape index (κ3) is 6.37. The summed E-state index contributed by atoms with van der Waals surface area (Å²) in [6.07, 6.45) is -2.79. The fourth-order valence-electron chi connectivity index (χ4n) is 2.88. The average molecular weight is 424 g/mol. The van der Waals surface area contributed by atoms with Crippen LogP contribution in [0.15, 0.2) is 40.9 Å². The van der Waals surface area contributed by atoms with Crippen LogP contribution in [0.5, 0.6) is 0 Å². The molecule has 1 aliphatic heterocycles. The minimum atomic E-state index is -4.41. The Morgan fingerprint density at radius 2 is 2.14 bits per heavy atom. The topological polar surface area (TPSA) is 54.3 Å². The number of alkyl halides is 5. The Hall–Kier alpha value is -1.81. The van der Waals surface area contributed by atoms with E-state index in [4.69, 9.17) is 10.1 Å². The summed E-state index contributed by atoms with van der Waals surface area (Å²) < 4.78 is 72.6. The van der Waals surface area contributed by atoms with Crippen molar-refractivity contribution in [2.24, 2.45) is 0 Å². The van der Waals surface area contributed by atoms with Crippen LogP contribution in [0, 0.1) is 5.41 Å². The molecule has 2 rings (SSSR count). The lowest BCUT2D eigenvalue weighted by Crippen LogP contribution is -2.39. The Morgan fingerprint density at radius 1 is 1.43 bits per heavy atom. The third-order valence-electron chi connectivity index (χ3n) is 4.23. The van der Waals surface area contributed by atoms with E-state index in [1.807, 2.05) is 6.92 Å². The zero-order chi connectivity index (χ0) is 20.9. The second-order valence-corrected chi connectivity index (χ2v) is 8.14. The van der Waals surface area contributed by atoms with Crippen LogP contribution < -0.4 is 5.32 Å². The van der Waals surface area contributed by atoms with Crippen LogP contribution in [0.4, 0.5) is 22.0 Å². The number of rotatable bonds is 6. The number of benzene rings is 1. The van der Waals surface area contributed by atoms with Crippen molar-refractivity contribution >= 4 is 17.7 Å². The molecule has 2 atom stereocenters. The molecule has 1 aliphatic rings. The fourth-order valence-corrected chi connectivity index (χ4v) is 4.20. The summed E-state index contributed by atoms with van der Waals surface area (Å²) in [7, 11) is 1.57. The molecular weight excluding hydrogens is 403 g/mol. The Labute approximate surface area is 164 Å². The standard InChI is InChI=1S/C18H21F5N2O2S/c1-17(28-12-5-3-4-11(8-12)18(21,22)23)6-7-26-14(10-17)13(25-2)9-15(24)27-16(19)20/h3-5,8-9,14,16,24-25H,6-7,10H2,1-2H3/b13-9-,24-15?. The van der Waals surface area contributed by atoms with Crippen LogP contribution in [0.25, 0.3) is 0 Å². The summed E-state index contributed by atoms with van der Waals surface area (Å²) in [5.41, 5.74) is -0.320. The molecule has 0 spiro atoms. The van der Waals surface area contributed by atoms with Crippen LogP contribution in [0.2, 0.25) is 0 Å². The molecule has 156 valence electrons. The highest BCUT2D eigenvalue weighted by atomic mass is 32.2. The van der Waals surface area contributed by atoms with Crippen LogP contribution >= 0.6 is 11.8 Å². The highest BCUT2D eigenvalue weighted by Gasteiger charge is 2.36. The number of thioether (sulfide) groups is 1. The van der Waals surface area contributed by atoms with Gasteiger partial charge in [-0.1, -0.05) is 6.07 Å². The van der Waals surface area contributed by atoms with Crippen molar-refractivity contribution in [3.8, 4) is 0 Å². The number of hydrogen-bond acceptors (Lipinski definition) is 5. The van der Waals surface area contributed by atoms with Gasteiger partial charge in [-0.2, -0.15) is 22.0 Å². The molecule has 1 aromatic rings. The van der Waals surface area contributed by atoms with Gasteiger partial charge in [0.2, 0.25) is 5.90 Å². The van der Waals surface area contributed by atoms with E-state index < -0.39 is 35.1 Å². The second kappa shape index (κ2) is 9.13. The van der Waals surface area contributed by atoms with Gasteiger partial charge in [0.15, 0.2) is 0 Å². The predicted molar refractivity (Wildman–Crippen MR) is 96.6 cm³/mol. The summed E-state index contributed by atoms with van der Waals surface area (Å²) in [6.45, 7) is -0.840. The number of hydrogen-bond donors (Lipinski definition) is 2. The largest absolute Gasteiger partial charge is 0.417 e. The molecule has 0 amide bonds. The molecule has 0 aliphatic carbocycles. The van der Waals surface area contributed by atoms with Crippen molar-refractivity contribution in [2.45, 2.75) is 48.3 Å². The minimum absolute atomic E-state index is 0.342. The molecular formula is C18H21F5N2O2S. The molecule has 1 aromatic carbocycles. The summed E-state index contributed by atoms with van der Waals surface area (Å²) in [5, 5.41) is 10.3. The van der Waals surface area contributed by atoms with Crippen molar-refractivity contribution in [2.75, 3.05) is 13.7 Å². The van der Waals surface area contributed by atoms with Gasteiger partial charge in [-0.05, 0) is 38.0 Å². The molecule has 1 heterocycles. The monoisotopic (exact) mass is 424 g/mol. The van der Waals surface area contributed by atoms with Crippen LogP contribution in [-0.4, -0.2) is 37.0 Å². The maximum absolute atomic E-state index is 12.9. The summed E-state index contributed by atoms with van der Waals surface area (Å²) in [4.78, 5) is 0.488. The molecule has 4 nitrogen and oxygen atoms in total. The van der Waals surface area contributed by atoms with Gasteiger partial charge in [0.1, 0.15) is 0 Å². The summed E-state index contributed by atoms with van der Waals surface area (Å²) in [6, 6.07) is 5.13. The predicted octanol–water partition coefficient (Wildman–Crippen LogP) is 5.05. The minimum Gasteiger partial charge on any atom is -0.417 e. The summed E-state index contributed by atoms with van der Waals surface area (Å²) in [5.74, 6) is -0.708. The van der Waals surface area contributed by atoms with Gasteiger partial charge >= 0.3 is 12.8 Å². The lowest BCUT2D eigenvalue weighted by atomic mass is 9.94. The van der Waals surface area contributed by atoms with E-state index in [2.05, 4.69) is 10.1 Å². The van der Waals surface area contributed by atoms with Gasteiger partial charge in [-0.15, -0.1) is 11.8 Å². The highest BCUT2D eigenvalue weighted by molar-refractivity contribution is 8.00. The fraction of sp³-hybridized carbons (Fsp3) is 0.500. The maximum Gasteiger partial charge on any atom is 0.416 e. The Kier molecular flexibility index (Phi) is 7.33. The van der Waals surface area contributed by atoms with Crippen molar-refractivity contribution in [3.63, 3.8) is 0 Å². The summed E-state index contributed by atoms with van der Waals surface area (Å²) >= 11 is 1.32. The number of nitrogens with one attached hydrogen (secondary N) is 2. The van der Waals surface area contributed by atoms with Gasteiger partial charge in [0.25, 0.3) is 0 Å². The molecule has 0 aromatic heterocycles. The molecule has 1 fully saturated rings. The van der Waals surface area contributed by atoms with Crippen LogP contribution in [0.1, 0.15) is 25.3 Å². The Morgan fingerprint density at radius 3 is 2.75 bits per heavy atom. The van der Waals surface area contributed by atoms with Gasteiger partial charge in [-0.3, -0.25) is 5.41 Å². The lowest BCUT2D eigenvalue weighted by Gasteiger charge is -2.38. The maximum atomic E-state index is 12.9. The molecule has 0 saturated carbocycles. The Bertz CT molecular complexity index is 726. The molecule has 2 unspecified atom stereocenters. The molecule has 28 heavy (non-hydrogen) atoms. The zero-order valence-corrected chi connectivity index (χ0v) is 16.1. The molecule has 1 saturated heterocycles. The van der Waals surface area contributed by atoms with E-state index in [9.17, 15) is 22.0 Å². The van der Waals surface area contributed by atoms with Gasteiger partial charge in [0, 0.05) is 35.1 Å². The van der Waals surface area contributed by atoms with Gasteiger partial charge < -0.3 is 14.8 Å². The van der Waals surface area contributed by atoms with Crippen LogP contribution in [0.3, 0.4) is 0 Å². The number of likely N-dealkylation sites (N-methyl/N-ethyl adjacent to an activating group) is 1. The van der Waals surface area contributed by atoms with E-state index in [-0.39, 0.29) is 0 Å². The van der Waals surface area contributed by atoms with E-state index in [1.54, 1.807) is 13.1 Å². The SMILES string of the molecule is CN/C(=C\C(=N)OC(F)F)C1CC(C)(Sc2cccc(C(F)(F)F)c2)CCO1. The van der Waals surface area contributed by atoms with Gasteiger partial charge in [0.05, 0.1) is 11.7 Å². The van der Waals surface area contributed by atoms with Crippen LogP contribution in [-0.2, 0) is 15.7 Å². The second-order valence-electron chi connectivity index (χ2n) is 6.48. The molecule has 0 bridgehead atoms. The van der Waals surface area contributed by atoms with Crippen molar-refractivity contribution in [1.29, 1.82) is 5.41 Å². The van der Waals surface area contributed by atoms with E-state index in [1.165, 1.54) is 17.8 Å². The average Bonchev–Trinajstić information content (AvgIpc) is 2.58. The molecule has 2 N–H and O–H groups in total. The first-order chi connectivity index (χ1) is 13.0. The first-order valence-corrected chi connectivity index (χ1v) is 9.25. The quantitative estimate of drug-likeness (QED) is 0.381. The first kappa shape index (κ1) is 22.5. The highest BCUT2D eigenvalue weighted by Crippen LogP contribution is 2.44. The van der Waals surface area contributed by atoms with Crippen molar-refractivity contribution in [1.82, 2.24) is 5.32 Å². The van der Waals surface area contributed by atoms with Crippen molar-refractivity contribution < 1.29 is 31.4 Å². The van der Waals surface area contributed by atoms with Crippen molar-refractivity contribution in [3.05, 3.63) is 41.6 Å². The van der Waals surface area contributed by atoms with E-state index in [0.717, 1.165) is 18.2 Å². The Balaban J connectivity index is 2.14.